The molecule has 0 saturated carbocycles. The number of likely N-dealkylation sites (tertiary alicyclic amines) is 1. The Morgan fingerprint density at radius 3 is 2.48 bits per heavy atom. The maximum Gasteiger partial charge on any atom is 0.346 e. The number of carbonyl (C=O) groups excluding carboxylic acids is 3. The van der Waals surface area contributed by atoms with Gasteiger partial charge in [0.25, 0.3) is 5.91 Å². The van der Waals surface area contributed by atoms with Crippen molar-refractivity contribution in [3.05, 3.63) is 92.1 Å². The summed E-state index contributed by atoms with van der Waals surface area (Å²) < 4.78 is 4.93. The molecule has 0 aliphatic carbocycles. The molecule has 42 heavy (non-hydrogen) atoms. The summed E-state index contributed by atoms with van der Waals surface area (Å²) in [5, 5.41) is 6.69. The van der Waals surface area contributed by atoms with E-state index in [4.69, 9.17) is 27.9 Å². The molecule has 1 atom stereocenters. The fourth-order valence-electron chi connectivity index (χ4n) is 5.19. The van der Waals surface area contributed by atoms with E-state index in [9.17, 15) is 19.2 Å². The molecule has 0 radical (unpaired) electrons. The van der Waals surface area contributed by atoms with Gasteiger partial charge in [0.05, 0.1) is 22.7 Å². The van der Waals surface area contributed by atoms with Gasteiger partial charge in [-0.3, -0.25) is 4.79 Å². The van der Waals surface area contributed by atoms with E-state index in [0.29, 0.717) is 19.0 Å². The molecule has 1 fully saturated rings. The number of para-hydroxylation sites is 1. The van der Waals surface area contributed by atoms with Gasteiger partial charge < -0.3 is 30.2 Å². The van der Waals surface area contributed by atoms with Crippen LogP contribution in [0, 0.1) is 0 Å². The Hall–Kier alpha value is -4.35. The molecule has 1 unspecified atom stereocenters. The zero-order valence-electron chi connectivity index (χ0n) is 22.6. The van der Waals surface area contributed by atoms with Crippen LogP contribution >= 0.6 is 23.2 Å². The molecular weight excluding hydrogens is 583 g/mol. The summed E-state index contributed by atoms with van der Waals surface area (Å²) in [4.78, 5) is 62.2. The van der Waals surface area contributed by atoms with Crippen LogP contribution in [0.1, 0.15) is 40.2 Å². The number of fused-ring (bicyclic) bond motifs is 1. The van der Waals surface area contributed by atoms with Crippen LogP contribution in [0.3, 0.4) is 0 Å². The summed E-state index contributed by atoms with van der Waals surface area (Å²) in [5.41, 5.74) is 1.87. The number of ether oxygens (including phenoxy) is 1. The molecule has 4 aromatic rings. The Bertz CT molecular complexity index is 1680. The number of methoxy groups -OCH3 is 1. The maximum atomic E-state index is 13.2. The third kappa shape index (κ3) is 6.27. The van der Waals surface area contributed by atoms with Gasteiger partial charge in [0.2, 0.25) is 0 Å². The smallest absolute Gasteiger partial charge is 0.346 e. The summed E-state index contributed by atoms with van der Waals surface area (Å²) in [6.45, 7) is 1.01. The summed E-state index contributed by atoms with van der Waals surface area (Å²) in [7, 11) is 1.21. The highest BCUT2D eigenvalue weighted by atomic mass is 35.5. The number of rotatable bonds is 7. The number of anilines is 1. The second-order valence-electron chi connectivity index (χ2n) is 9.91. The highest BCUT2D eigenvalue weighted by Crippen LogP contribution is 2.33. The number of carbonyl (C=O) groups is 3. The molecule has 218 valence electrons. The molecule has 11 nitrogen and oxygen atoms in total. The van der Waals surface area contributed by atoms with E-state index in [1.807, 2.05) is 24.4 Å². The first-order valence-electron chi connectivity index (χ1n) is 13.3. The van der Waals surface area contributed by atoms with Crippen LogP contribution in [-0.2, 0) is 16.0 Å². The molecule has 5 rings (SSSR count). The highest BCUT2D eigenvalue weighted by molar-refractivity contribution is 6.40. The number of urea groups is 1. The average Bonchev–Trinajstić information content (AvgIpc) is 3.42. The standard InChI is InChI=1S/C29H28Cl2N6O5/c1-42-27(39)23(13-17-14-33-28(40)36-25(17)35-26(38)24-20(30)6-4-7-21(24)31)34-29(41)37-11-9-16(10-12-37)19-15-32-22-8-3-2-5-18(19)22/h2-8,14-16,23,32H,9-13H2,1H3,(H,34,41)(H2,33,35,36,38,40). The molecule has 1 aliphatic heterocycles. The molecular formula is C29H28Cl2N6O5. The van der Waals surface area contributed by atoms with Crippen molar-refractivity contribution in [1.82, 2.24) is 25.2 Å². The van der Waals surface area contributed by atoms with E-state index in [0.717, 1.165) is 18.4 Å². The lowest BCUT2D eigenvalue weighted by Gasteiger charge is -2.33. The van der Waals surface area contributed by atoms with Crippen LogP contribution in [-0.4, -0.2) is 64.0 Å². The fourth-order valence-corrected chi connectivity index (χ4v) is 5.76. The number of hydrogen-bond acceptors (Lipinski definition) is 6. The molecule has 4 N–H and O–H groups in total. The van der Waals surface area contributed by atoms with Crippen LogP contribution < -0.4 is 16.3 Å². The SMILES string of the molecule is COC(=O)C(Cc1c[nH]c(=O)nc1NC(=O)c1c(Cl)cccc1Cl)NC(=O)N1CCC(c2c[nH]c3ccccc23)CC1. The Morgan fingerprint density at radius 2 is 1.76 bits per heavy atom. The third-order valence-electron chi connectivity index (χ3n) is 7.36. The highest BCUT2D eigenvalue weighted by Gasteiger charge is 2.30. The predicted octanol–water partition coefficient (Wildman–Crippen LogP) is 4.48. The third-order valence-corrected chi connectivity index (χ3v) is 7.99. The molecule has 2 aromatic carbocycles. The second-order valence-corrected chi connectivity index (χ2v) is 10.7. The van der Waals surface area contributed by atoms with Gasteiger partial charge in [-0.05, 0) is 42.5 Å². The topological polar surface area (TPSA) is 149 Å². The molecule has 3 heterocycles. The number of piperidine rings is 1. The van der Waals surface area contributed by atoms with Crippen LogP contribution in [0.5, 0.6) is 0 Å². The number of H-pyrrole nitrogens is 2. The Labute approximate surface area is 250 Å². The number of nitrogens with one attached hydrogen (secondary N) is 4. The van der Waals surface area contributed by atoms with Crippen molar-refractivity contribution >= 4 is 57.8 Å². The van der Waals surface area contributed by atoms with Gasteiger partial charge in [0, 0.05) is 48.4 Å². The van der Waals surface area contributed by atoms with Gasteiger partial charge in [-0.25, -0.2) is 14.4 Å². The molecule has 1 saturated heterocycles. The summed E-state index contributed by atoms with van der Waals surface area (Å²) in [6, 6.07) is 11.2. The predicted molar refractivity (Wildman–Crippen MR) is 159 cm³/mol. The van der Waals surface area contributed by atoms with Crippen molar-refractivity contribution in [3.63, 3.8) is 0 Å². The monoisotopic (exact) mass is 610 g/mol. The second kappa shape index (κ2) is 12.7. The zero-order valence-corrected chi connectivity index (χ0v) is 24.1. The number of hydrogen-bond donors (Lipinski definition) is 4. The largest absolute Gasteiger partial charge is 0.467 e. The molecule has 0 spiro atoms. The Balaban J connectivity index is 1.28. The first-order chi connectivity index (χ1) is 20.2. The minimum absolute atomic E-state index is 0.00252. The van der Waals surface area contributed by atoms with E-state index in [1.54, 1.807) is 11.0 Å². The first-order valence-corrected chi connectivity index (χ1v) is 14.0. The number of benzene rings is 2. The van der Waals surface area contributed by atoms with Crippen molar-refractivity contribution in [2.24, 2.45) is 0 Å². The number of halogens is 2. The van der Waals surface area contributed by atoms with Gasteiger partial charge in [0.15, 0.2) is 0 Å². The lowest BCUT2D eigenvalue weighted by atomic mass is 9.89. The Kier molecular flexibility index (Phi) is 8.79. The lowest BCUT2D eigenvalue weighted by Crippen LogP contribution is -2.51. The zero-order chi connectivity index (χ0) is 29.8. The maximum absolute atomic E-state index is 13.2. The van der Waals surface area contributed by atoms with E-state index < -0.39 is 29.6 Å². The molecule has 1 aliphatic rings. The van der Waals surface area contributed by atoms with Gasteiger partial charge in [0.1, 0.15) is 11.9 Å². The van der Waals surface area contributed by atoms with Crippen LogP contribution in [0.15, 0.2) is 59.7 Å². The molecule has 0 bridgehead atoms. The van der Waals surface area contributed by atoms with Crippen molar-refractivity contribution < 1.29 is 19.1 Å². The van der Waals surface area contributed by atoms with E-state index in [-0.39, 0.29) is 33.4 Å². The van der Waals surface area contributed by atoms with Gasteiger partial charge in [-0.15, -0.1) is 0 Å². The van der Waals surface area contributed by atoms with Gasteiger partial charge >= 0.3 is 17.7 Å². The molecule has 2 aromatic heterocycles. The van der Waals surface area contributed by atoms with Crippen LogP contribution in [0.4, 0.5) is 10.6 Å². The minimum atomic E-state index is -1.12. The number of amides is 3. The quantitative estimate of drug-likeness (QED) is 0.227. The summed E-state index contributed by atoms with van der Waals surface area (Å²) in [5.74, 6) is -1.20. The average molecular weight is 611 g/mol. The van der Waals surface area contributed by atoms with E-state index in [2.05, 4.69) is 31.7 Å². The fraction of sp³-hybridized carbons (Fsp3) is 0.276. The normalized spacial score (nSPS) is 14.4. The first kappa shape index (κ1) is 29.2. The Morgan fingerprint density at radius 1 is 1.05 bits per heavy atom. The number of nitrogens with zero attached hydrogens (tertiary/aromatic N) is 2. The summed E-state index contributed by atoms with van der Waals surface area (Å²) >= 11 is 12.3. The number of aromatic amines is 2. The van der Waals surface area contributed by atoms with E-state index in [1.165, 1.54) is 36.4 Å². The molecule has 3 amide bonds. The van der Waals surface area contributed by atoms with Crippen molar-refractivity contribution in [2.45, 2.75) is 31.2 Å². The van der Waals surface area contributed by atoms with Crippen LogP contribution in [0.25, 0.3) is 10.9 Å². The van der Waals surface area contributed by atoms with Gasteiger partial charge in [-0.1, -0.05) is 47.5 Å². The summed E-state index contributed by atoms with van der Waals surface area (Å²) in [6.07, 6.45) is 4.76. The van der Waals surface area contributed by atoms with Crippen molar-refractivity contribution in [3.8, 4) is 0 Å². The molecule has 13 heteroatoms. The van der Waals surface area contributed by atoms with E-state index >= 15 is 0 Å². The van der Waals surface area contributed by atoms with Crippen molar-refractivity contribution in [2.75, 3.05) is 25.5 Å². The number of esters is 1. The van der Waals surface area contributed by atoms with Gasteiger partial charge in [-0.2, -0.15) is 4.98 Å². The lowest BCUT2D eigenvalue weighted by molar-refractivity contribution is -0.142. The number of aromatic nitrogens is 3. The van der Waals surface area contributed by atoms with Crippen LogP contribution in [0.2, 0.25) is 10.0 Å². The van der Waals surface area contributed by atoms with Crippen molar-refractivity contribution in [1.29, 1.82) is 0 Å². The minimum Gasteiger partial charge on any atom is -0.467 e.